The molecule has 0 radical (unpaired) electrons. The summed E-state index contributed by atoms with van der Waals surface area (Å²) < 4.78 is 23.3. The van der Waals surface area contributed by atoms with Gasteiger partial charge in [0.25, 0.3) is 0 Å². The zero-order chi connectivity index (χ0) is 17.3. The minimum absolute atomic E-state index is 0.104. The van der Waals surface area contributed by atoms with Crippen LogP contribution in [0.1, 0.15) is 17.5 Å². The van der Waals surface area contributed by atoms with Crippen molar-refractivity contribution in [3.05, 3.63) is 35.5 Å². The van der Waals surface area contributed by atoms with E-state index in [9.17, 15) is 8.42 Å². The summed E-state index contributed by atoms with van der Waals surface area (Å²) in [5.41, 5.74) is 3.22. The van der Waals surface area contributed by atoms with E-state index in [2.05, 4.69) is 26.6 Å². The Labute approximate surface area is 142 Å². The SMILES string of the molecule is Cc1ccc(C)c(Nc2cnnc(N(C)C3CCS(=O)(=O)C3)n2)c1. The van der Waals surface area contributed by atoms with Crippen molar-refractivity contribution in [1.82, 2.24) is 15.2 Å². The molecule has 1 saturated heterocycles. The predicted octanol–water partition coefficient (Wildman–Crippen LogP) is 1.86. The molecule has 2 aromatic rings. The predicted molar refractivity (Wildman–Crippen MR) is 94.5 cm³/mol. The Bertz CT molecular complexity index is 853. The van der Waals surface area contributed by atoms with Crippen LogP contribution in [0.4, 0.5) is 17.5 Å². The van der Waals surface area contributed by atoms with Gasteiger partial charge in [0.05, 0.1) is 17.7 Å². The van der Waals surface area contributed by atoms with Crippen molar-refractivity contribution in [3.8, 4) is 0 Å². The number of aryl methyl sites for hydroxylation is 2. The highest BCUT2D eigenvalue weighted by Crippen LogP contribution is 2.23. The summed E-state index contributed by atoms with van der Waals surface area (Å²) in [5.74, 6) is 1.37. The molecular formula is C16H21N5O2S. The van der Waals surface area contributed by atoms with Gasteiger partial charge in [0.2, 0.25) is 5.95 Å². The van der Waals surface area contributed by atoms with Gasteiger partial charge < -0.3 is 10.2 Å². The Balaban J connectivity index is 1.80. The van der Waals surface area contributed by atoms with Crippen molar-refractivity contribution in [2.24, 2.45) is 0 Å². The van der Waals surface area contributed by atoms with Gasteiger partial charge in [0, 0.05) is 18.8 Å². The zero-order valence-corrected chi connectivity index (χ0v) is 14.8. The normalized spacial score (nSPS) is 19.2. The summed E-state index contributed by atoms with van der Waals surface area (Å²) in [4.78, 5) is 6.27. The number of anilines is 3. The minimum atomic E-state index is -2.95. The van der Waals surface area contributed by atoms with E-state index in [0.29, 0.717) is 18.2 Å². The van der Waals surface area contributed by atoms with E-state index in [1.54, 1.807) is 11.1 Å². The maximum absolute atomic E-state index is 11.7. The molecule has 0 spiro atoms. The molecule has 1 aromatic heterocycles. The van der Waals surface area contributed by atoms with E-state index in [-0.39, 0.29) is 17.5 Å². The average Bonchev–Trinajstić information content (AvgIpc) is 2.90. The van der Waals surface area contributed by atoms with Crippen molar-refractivity contribution in [1.29, 1.82) is 0 Å². The zero-order valence-electron chi connectivity index (χ0n) is 14.0. The van der Waals surface area contributed by atoms with Crippen molar-refractivity contribution in [2.75, 3.05) is 28.8 Å². The molecule has 3 rings (SSSR count). The summed E-state index contributed by atoms with van der Waals surface area (Å²) >= 11 is 0. The topological polar surface area (TPSA) is 88.1 Å². The molecular weight excluding hydrogens is 326 g/mol. The molecule has 24 heavy (non-hydrogen) atoms. The van der Waals surface area contributed by atoms with Crippen LogP contribution in [0.3, 0.4) is 0 Å². The van der Waals surface area contributed by atoms with Crippen LogP contribution in [0.2, 0.25) is 0 Å². The van der Waals surface area contributed by atoms with Crippen molar-refractivity contribution >= 4 is 27.3 Å². The smallest absolute Gasteiger partial charge is 0.247 e. The van der Waals surface area contributed by atoms with Crippen LogP contribution in [-0.4, -0.2) is 48.2 Å². The van der Waals surface area contributed by atoms with Gasteiger partial charge in [-0.05, 0) is 37.5 Å². The lowest BCUT2D eigenvalue weighted by Crippen LogP contribution is -2.34. The number of nitrogens with one attached hydrogen (secondary N) is 1. The van der Waals surface area contributed by atoms with Crippen LogP contribution >= 0.6 is 0 Å². The fourth-order valence-electron chi connectivity index (χ4n) is 2.76. The lowest BCUT2D eigenvalue weighted by molar-refractivity contribution is 0.600. The number of benzene rings is 1. The maximum Gasteiger partial charge on any atom is 0.247 e. The van der Waals surface area contributed by atoms with E-state index in [1.807, 2.05) is 33.0 Å². The molecule has 1 aliphatic rings. The number of aromatic nitrogens is 3. The van der Waals surface area contributed by atoms with Crippen LogP contribution in [0, 0.1) is 13.8 Å². The first-order valence-electron chi connectivity index (χ1n) is 7.81. The van der Waals surface area contributed by atoms with Crippen LogP contribution < -0.4 is 10.2 Å². The second kappa shape index (κ2) is 6.35. The highest BCUT2D eigenvalue weighted by Gasteiger charge is 2.31. The Morgan fingerprint density at radius 1 is 1.29 bits per heavy atom. The summed E-state index contributed by atoms with van der Waals surface area (Å²) in [6.45, 7) is 4.05. The largest absolute Gasteiger partial charge is 0.339 e. The van der Waals surface area contributed by atoms with Crippen LogP contribution in [0.15, 0.2) is 24.4 Å². The van der Waals surface area contributed by atoms with E-state index in [4.69, 9.17) is 0 Å². The number of sulfone groups is 1. The fourth-order valence-corrected chi connectivity index (χ4v) is 4.53. The standard InChI is InChI=1S/C16H21N5O2S/c1-11-4-5-12(2)14(8-11)18-15-9-17-20-16(19-15)21(3)13-6-7-24(22,23)10-13/h4-5,8-9,13H,6-7,10H2,1-3H3,(H,18,19,20). The third-order valence-corrected chi connectivity index (χ3v) is 6.03. The van der Waals surface area contributed by atoms with Crippen LogP contribution in [0.25, 0.3) is 0 Å². The highest BCUT2D eigenvalue weighted by molar-refractivity contribution is 7.91. The molecule has 0 amide bonds. The van der Waals surface area contributed by atoms with Crippen LogP contribution in [0.5, 0.6) is 0 Å². The number of hydrogen-bond acceptors (Lipinski definition) is 7. The Morgan fingerprint density at radius 2 is 2.08 bits per heavy atom. The van der Waals surface area contributed by atoms with Gasteiger partial charge in [0.15, 0.2) is 15.7 Å². The number of rotatable bonds is 4. The molecule has 1 N–H and O–H groups in total. The third-order valence-electron chi connectivity index (χ3n) is 4.28. The fraction of sp³-hybridized carbons (Fsp3) is 0.438. The Hall–Kier alpha value is -2.22. The third kappa shape index (κ3) is 3.64. The van der Waals surface area contributed by atoms with Gasteiger partial charge in [-0.3, -0.25) is 0 Å². The number of hydrogen-bond donors (Lipinski definition) is 1. The molecule has 1 unspecified atom stereocenters. The molecule has 1 fully saturated rings. The molecule has 1 aromatic carbocycles. The van der Waals surface area contributed by atoms with Crippen molar-refractivity contribution < 1.29 is 8.42 Å². The minimum Gasteiger partial charge on any atom is -0.339 e. The summed E-state index contributed by atoms with van der Waals surface area (Å²) in [7, 11) is -1.14. The molecule has 1 atom stereocenters. The van der Waals surface area contributed by atoms with Gasteiger partial charge in [-0.1, -0.05) is 12.1 Å². The first-order chi connectivity index (χ1) is 11.3. The van der Waals surface area contributed by atoms with Gasteiger partial charge in [0.1, 0.15) is 0 Å². The van der Waals surface area contributed by atoms with E-state index in [0.717, 1.165) is 16.8 Å². The maximum atomic E-state index is 11.7. The molecule has 7 nitrogen and oxygen atoms in total. The van der Waals surface area contributed by atoms with Gasteiger partial charge in [-0.15, -0.1) is 5.10 Å². The van der Waals surface area contributed by atoms with E-state index in [1.165, 1.54) is 0 Å². The average molecular weight is 347 g/mol. The molecule has 0 saturated carbocycles. The summed E-state index contributed by atoms with van der Waals surface area (Å²) in [6.07, 6.45) is 2.15. The molecule has 1 aliphatic heterocycles. The first kappa shape index (κ1) is 16.6. The monoisotopic (exact) mass is 347 g/mol. The summed E-state index contributed by atoms with van der Waals surface area (Å²) in [6, 6.07) is 6.04. The first-order valence-corrected chi connectivity index (χ1v) is 9.63. The van der Waals surface area contributed by atoms with E-state index < -0.39 is 9.84 Å². The summed E-state index contributed by atoms with van der Waals surface area (Å²) in [5, 5.41) is 11.3. The Morgan fingerprint density at radius 3 is 2.79 bits per heavy atom. The van der Waals surface area contributed by atoms with E-state index >= 15 is 0 Å². The van der Waals surface area contributed by atoms with Gasteiger partial charge >= 0.3 is 0 Å². The van der Waals surface area contributed by atoms with Gasteiger partial charge in [-0.25, -0.2) is 8.42 Å². The molecule has 2 heterocycles. The van der Waals surface area contributed by atoms with Crippen LogP contribution in [-0.2, 0) is 9.84 Å². The highest BCUT2D eigenvalue weighted by atomic mass is 32.2. The number of nitrogens with zero attached hydrogens (tertiary/aromatic N) is 4. The molecule has 0 aliphatic carbocycles. The van der Waals surface area contributed by atoms with Crippen molar-refractivity contribution in [3.63, 3.8) is 0 Å². The molecule has 128 valence electrons. The lowest BCUT2D eigenvalue weighted by atomic mass is 10.1. The second-order valence-corrected chi connectivity index (χ2v) is 8.48. The molecule has 0 bridgehead atoms. The van der Waals surface area contributed by atoms with Gasteiger partial charge in [-0.2, -0.15) is 10.1 Å². The second-order valence-electron chi connectivity index (χ2n) is 6.25. The molecule has 8 heteroatoms. The quantitative estimate of drug-likeness (QED) is 0.903. The Kier molecular flexibility index (Phi) is 4.40. The lowest BCUT2D eigenvalue weighted by Gasteiger charge is -2.23. The van der Waals surface area contributed by atoms with Crippen molar-refractivity contribution in [2.45, 2.75) is 26.3 Å².